The average molecular weight is 520 g/mol. The molecule has 0 saturated heterocycles. The molecule has 3 N–H and O–H groups in total. The lowest BCUT2D eigenvalue weighted by molar-refractivity contribution is -0.137. The van der Waals surface area contributed by atoms with Gasteiger partial charge in [-0.1, -0.05) is 17.5 Å². The Bertz CT molecular complexity index is 1530. The second-order valence-electron chi connectivity index (χ2n) is 7.07. The van der Waals surface area contributed by atoms with Crippen molar-refractivity contribution < 1.29 is 26.7 Å². The first-order valence-corrected chi connectivity index (χ1v) is 10.0. The zero-order valence-electron chi connectivity index (χ0n) is 17.6. The molecule has 0 saturated carbocycles. The number of halogens is 6. The van der Waals surface area contributed by atoms with Gasteiger partial charge in [0, 0.05) is 17.3 Å². The second kappa shape index (κ2) is 9.23. The van der Waals surface area contributed by atoms with Gasteiger partial charge in [-0.15, -0.1) is 11.2 Å². The Morgan fingerprint density at radius 3 is 2.44 bits per heavy atom. The van der Waals surface area contributed by atoms with E-state index in [4.69, 9.17) is 23.8 Å². The van der Waals surface area contributed by atoms with Crippen LogP contribution in [-0.2, 0) is 6.18 Å². The molecule has 8 nitrogen and oxygen atoms in total. The van der Waals surface area contributed by atoms with Crippen LogP contribution in [0.2, 0.25) is 5.02 Å². The summed E-state index contributed by atoms with van der Waals surface area (Å²) in [5.74, 6) is -1.60. The molecular weight excluding hydrogens is 509 g/mol. The number of hydrogen-bond acceptors (Lipinski definition) is 6. The number of hydrogen-bond donors (Lipinski definition) is 2. The van der Waals surface area contributed by atoms with Crippen LogP contribution in [0.25, 0.3) is 16.9 Å². The number of rotatable bonds is 4. The van der Waals surface area contributed by atoms with Crippen LogP contribution >= 0.6 is 11.6 Å². The number of nitrogens with one attached hydrogen (secondary N) is 1. The predicted molar refractivity (Wildman–Crippen MR) is 119 cm³/mol. The number of terminal acetylenes is 1. The third kappa shape index (κ3) is 4.53. The molecular formula is C22H11ClF5N7O. The standard InChI is InChI=1S/C22H11ClF5N7O/c1-2-10-8-30-19(25)18(29)17(10)13-6-15(23)12(7-16(13)24)21(36)34-11-5-14(22(26,27)28)20(31-9-11)35-32-3-4-33-35/h1,3-9H,29H2,(H,34,36). The Labute approximate surface area is 203 Å². The van der Waals surface area contributed by atoms with Crippen LogP contribution < -0.4 is 11.1 Å². The molecule has 36 heavy (non-hydrogen) atoms. The van der Waals surface area contributed by atoms with E-state index in [1.54, 1.807) is 0 Å². The SMILES string of the molecule is C#Cc1cnc(F)c(N)c1-c1cc(Cl)c(C(=O)Nc2cnc(-n3nccn3)c(C(F)(F)F)c2)cc1F. The molecule has 3 aromatic heterocycles. The lowest BCUT2D eigenvalue weighted by atomic mass is 9.98. The highest BCUT2D eigenvalue weighted by Crippen LogP contribution is 2.36. The van der Waals surface area contributed by atoms with Crippen molar-refractivity contribution in [1.82, 2.24) is 25.0 Å². The number of anilines is 2. The summed E-state index contributed by atoms with van der Waals surface area (Å²) in [5.41, 5.74) is 2.58. The van der Waals surface area contributed by atoms with Gasteiger partial charge in [-0.25, -0.2) is 14.4 Å². The van der Waals surface area contributed by atoms with Crippen LogP contribution in [0.15, 0.2) is 43.0 Å². The normalized spacial score (nSPS) is 11.2. The molecule has 0 radical (unpaired) electrons. The van der Waals surface area contributed by atoms with Gasteiger partial charge in [-0.05, 0) is 18.2 Å². The van der Waals surface area contributed by atoms with E-state index in [0.717, 1.165) is 30.9 Å². The number of carbonyl (C=O) groups excluding carboxylic acids is 1. The van der Waals surface area contributed by atoms with Crippen molar-refractivity contribution in [2.75, 3.05) is 11.1 Å². The minimum Gasteiger partial charge on any atom is -0.394 e. The number of aromatic nitrogens is 5. The van der Waals surface area contributed by atoms with Crippen molar-refractivity contribution in [3.63, 3.8) is 0 Å². The molecule has 0 spiro atoms. The van der Waals surface area contributed by atoms with E-state index in [1.807, 2.05) is 0 Å². The fourth-order valence-electron chi connectivity index (χ4n) is 3.23. The third-order valence-electron chi connectivity index (χ3n) is 4.83. The molecule has 0 aliphatic heterocycles. The average Bonchev–Trinajstić information content (AvgIpc) is 3.36. The molecule has 0 aliphatic rings. The van der Waals surface area contributed by atoms with Crippen LogP contribution in [0, 0.1) is 24.1 Å². The summed E-state index contributed by atoms with van der Waals surface area (Å²) in [7, 11) is 0. The fourth-order valence-corrected chi connectivity index (χ4v) is 3.48. The quantitative estimate of drug-likeness (QED) is 0.233. The van der Waals surface area contributed by atoms with Gasteiger partial charge in [0.2, 0.25) is 5.95 Å². The van der Waals surface area contributed by atoms with Gasteiger partial charge in [0.1, 0.15) is 11.4 Å². The zero-order chi connectivity index (χ0) is 26.2. The number of alkyl halides is 3. The summed E-state index contributed by atoms with van der Waals surface area (Å²) in [5, 5.41) is 9.12. The van der Waals surface area contributed by atoms with E-state index >= 15 is 0 Å². The van der Waals surface area contributed by atoms with Gasteiger partial charge >= 0.3 is 6.18 Å². The second-order valence-corrected chi connectivity index (χ2v) is 7.48. The van der Waals surface area contributed by atoms with E-state index < -0.39 is 46.5 Å². The van der Waals surface area contributed by atoms with Gasteiger partial charge in [0.05, 0.1) is 46.1 Å². The Kier molecular flexibility index (Phi) is 6.30. The Morgan fingerprint density at radius 1 is 1.11 bits per heavy atom. The van der Waals surface area contributed by atoms with E-state index in [-0.39, 0.29) is 27.4 Å². The first-order valence-electron chi connectivity index (χ1n) is 9.66. The van der Waals surface area contributed by atoms with Crippen LogP contribution in [-0.4, -0.2) is 30.9 Å². The highest BCUT2D eigenvalue weighted by Gasteiger charge is 2.36. The smallest absolute Gasteiger partial charge is 0.394 e. The molecule has 0 unspecified atom stereocenters. The van der Waals surface area contributed by atoms with Crippen LogP contribution in [0.1, 0.15) is 21.5 Å². The molecule has 182 valence electrons. The summed E-state index contributed by atoms with van der Waals surface area (Å²) in [4.78, 5) is 20.5. The lowest BCUT2D eigenvalue weighted by Crippen LogP contribution is -2.17. The molecule has 3 heterocycles. The minimum atomic E-state index is -4.86. The number of amides is 1. The number of nitrogens with two attached hydrogens (primary N) is 1. The van der Waals surface area contributed by atoms with Crippen LogP contribution in [0.3, 0.4) is 0 Å². The van der Waals surface area contributed by atoms with Gasteiger partial charge in [-0.3, -0.25) is 4.79 Å². The topological polar surface area (TPSA) is 112 Å². The van der Waals surface area contributed by atoms with Gasteiger partial charge in [0.15, 0.2) is 5.82 Å². The molecule has 0 bridgehead atoms. The maximum absolute atomic E-state index is 15.0. The number of nitrogen functional groups attached to an aromatic ring is 1. The molecule has 0 fully saturated rings. The summed E-state index contributed by atoms with van der Waals surface area (Å²) in [6.45, 7) is 0. The predicted octanol–water partition coefficient (Wildman–Crippen LogP) is 4.49. The largest absolute Gasteiger partial charge is 0.420 e. The Hall–Kier alpha value is -4.57. The van der Waals surface area contributed by atoms with Gasteiger partial charge < -0.3 is 11.1 Å². The third-order valence-corrected chi connectivity index (χ3v) is 5.14. The maximum atomic E-state index is 15.0. The first-order chi connectivity index (χ1) is 17.0. The van der Waals surface area contributed by atoms with Crippen molar-refractivity contribution in [2.24, 2.45) is 0 Å². The summed E-state index contributed by atoms with van der Waals surface area (Å²) in [6, 6.07) is 2.32. The number of carbonyl (C=O) groups is 1. The highest BCUT2D eigenvalue weighted by atomic mass is 35.5. The van der Waals surface area contributed by atoms with Gasteiger partial charge in [-0.2, -0.15) is 27.8 Å². The van der Waals surface area contributed by atoms with Crippen molar-refractivity contribution in [3.8, 4) is 29.3 Å². The summed E-state index contributed by atoms with van der Waals surface area (Å²) in [6.07, 6.45) is 4.74. The monoisotopic (exact) mass is 519 g/mol. The van der Waals surface area contributed by atoms with Gasteiger partial charge in [0.25, 0.3) is 5.91 Å². The van der Waals surface area contributed by atoms with Crippen molar-refractivity contribution >= 4 is 28.9 Å². The van der Waals surface area contributed by atoms with Crippen molar-refractivity contribution in [2.45, 2.75) is 6.18 Å². The van der Waals surface area contributed by atoms with Crippen LogP contribution in [0.4, 0.5) is 33.3 Å². The van der Waals surface area contributed by atoms with E-state index in [9.17, 15) is 26.7 Å². The van der Waals surface area contributed by atoms with E-state index in [2.05, 4.69) is 31.4 Å². The molecule has 4 aromatic rings. The van der Waals surface area contributed by atoms with Crippen molar-refractivity contribution in [1.29, 1.82) is 0 Å². The highest BCUT2D eigenvalue weighted by molar-refractivity contribution is 6.34. The van der Waals surface area contributed by atoms with Crippen molar-refractivity contribution in [3.05, 3.63) is 76.5 Å². The maximum Gasteiger partial charge on any atom is 0.420 e. The fraction of sp³-hybridized carbons (Fsp3) is 0.0455. The Balaban J connectivity index is 1.70. The lowest BCUT2D eigenvalue weighted by Gasteiger charge is -2.15. The first kappa shape index (κ1) is 24.6. The number of pyridine rings is 2. The molecule has 1 aromatic carbocycles. The van der Waals surface area contributed by atoms with E-state index in [0.29, 0.717) is 16.9 Å². The van der Waals surface area contributed by atoms with E-state index in [1.165, 1.54) is 0 Å². The summed E-state index contributed by atoms with van der Waals surface area (Å²) < 4.78 is 69.6. The molecule has 4 rings (SSSR count). The molecule has 0 atom stereocenters. The number of nitrogens with zero attached hydrogens (tertiary/aromatic N) is 5. The Morgan fingerprint density at radius 2 is 1.81 bits per heavy atom. The molecule has 14 heteroatoms. The van der Waals surface area contributed by atoms with Crippen LogP contribution in [0.5, 0.6) is 0 Å². The minimum absolute atomic E-state index is 0.0291. The zero-order valence-corrected chi connectivity index (χ0v) is 18.4. The molecule has 1 amide bonds. The summed E-state index contributed by atoms with van der Waals surface area (Å²) >= 11 is 6.15. The molecule has 0 aliphatic carbocycles. The number of benzene rings is 1.